The number of carbonyl (C=O) groups excluding carboxylic acids is 2. The number of rotatable bonds is 5. The Labute approximate surface area is 157 Å². The predicted molar refractivity (Wildman–Crippen MR) is 99.9 cm³/mol. The quantitative estimate of drug-likeness (QED) is 0.645. The van der Waals surface area contributed by atoms with E-state index in [1.807, 2.05) is 0 Å². The van der Waals surface area contributed by atoms with Crippen molar-refractivity contribution in [1.82, 2.24) is 9.78 Å². The maximum atomic E-state index is 12.3. The zero-order chi connectivity index (χ0) is 19.4. The van der Waals surface area contributed by atoms with Crippen LogP contribution in [0, 0.1) is 0 Å². The number of anilines is 1. The number of aromatic nitrogens is 2. The number of nitrogens with zero attached hydrogens (tertiary/aromatic N) is 1. The fourth-order valence-corrected chi connectivity index (χ4v) is 2.61. The number of ether oxygens (including phenoxy) is 1. The lowest BCUT2D eigenvalue weighted by molar-refractivity contribution is -0.148. The van der Waals surface area contributed by atoms with Crippen molar-refractivity contribution in [3.05, 3.63) is 74.3 Å². The molecular weight excluding hydrogens is 374 g/mol. The Morgan fingerprint density at radius 3 is 2.44 bits per heavy atom. The van der Waals surface area contributed by atoms with Crippen molar-refractivity contribution in [2.24, 2.45) is 0 Å². The first-order valence-corrected chi connectivity index (χ1v) is 8.25. The van der Waals surface area contributed by atoms with E-state index in [1.54, 1.807) is 36.4 Å². The minimum Gasteiger partial charge on any atom is -0.454 e. The lowest BCUT2D eigenvalue weighted by Crippen LogP contribution is -2.33. The highest BCUT2D eigenvalue weighted by molar-refractivity contribution is 6.33. The van der Waals surface area contributed by atoms with Gasteiger partial charge in [-0.1, -0.05) is 35.9 Å². The van der Waals surface area contributed by atoms with Crippen molar-refractivity contribution in [2.75, 3.05) is 11.9 Å². The molecule has 2 N–H and O–H groups in total. The van der Waals surface area contributed by atoms with Crippen LogP contribution in [0.2, 0.25) is 5.02 Å². The number of hydrogen-bond acceptors (Lipinski definition) is 5. The number of nitrogens with one attached hydrogen (secondary N) is 2. The molecule has 9 heteroatoms. The molecule has 0 saturated heterocycles. The Morgan fingerprint density at radius 1 is 1.04 bits per heavy atom. The minimum atomic E-state index is -0.850. The first kappa shape index (κ1) is 18.4. The van der Waals surface area contributed by atoms with E-state index in [2.05, 4.69) is 10.4 Å². The van der Waals surface area contributed by atoms with E-state index in [0.29, 0.717) is 10.7 Å². The SMILES string of the molecule is O=C(COC(=O)Cn1[nH]c(=O)c2ccccc2c1=O)Nc1ccccc1Cl. The fourth-order valence-electron chi connectivity index (χ4n) is 2.43. The number of esters is 1. The van der Waals surface area contributed by atoms with Gasteiger partial charge in [0.2, 0.25) is 0 Å². The predicted octanol–water partition coefficient (Wildman–Crippen LogP) is 1.53. The zero-order valence-electron chi connectivity index (χ0n) is 13.9. The molecule has 0 atom stereocenters. The Balaban J connectivity index is 1.65. The number of carbonyl (C=O) groups is 2. The molecule has 0 saturated carbocycles. The summed E-state index contributed by atoms with van der Waals surface area (Å²) in [5.41, 5.74) is -0.660. The topological polar surface area (TPSA) is 110 Å². The molecule has 0 aliphatic carbocycles. The average molecular weight is 388 g/mol. The number of aromatic amines is 1. The van der Waals surface area contributed by atoms with Gasteiger partial charge in [-0.05, 0) is 24.3 Å². The number of fused-ring (bicyclic) bond motifs is 1. The van der Waals surface area contributed by atoms with Crippen LogP contribution in [0.4, 0.5) is 5.69 Å². The highest BCUT2D eigenvalue weighted by Gasteiger charge is 2.13. The molecule has 3 rings (SSSR count). The fraction of sp³-hybridized carbons (Fsp3) is 0.111. The molecule has 3 aromatic rings. The normalized spacial score (nSPS) is 10.6. The van der Waals surface area contributed by atoms with Crippen LogP contribution < -0.4 is 16.4 Å². The maximum Gasteiger partial charge on any atom is 0.328 e. The second-order valence-electron chi connectivity index (χ2n) is 5.57. The molecular formula is C18H14ClN3O5. The van der Waals surface area contributed by atoms with Crippen molar-refractivity contribution in [3.63, 3.8) is 0 Å². The van der Waals surface area contributed by atoms with Gasteiger partial charge in [0.1, 0.15) is 6.54 Å². The van der Waals surface area contributed by atoms with E-state index in [4.69, 9.17) is 16.3 Å². The molecule has 138 valence electrons. The minimum absolute atomic E-state index is 0.186. The third kappa shape index (κ3) is 4.24. The van der Waals surface area contributed by atoms with Gasteiger partial charge in [-0.15, -0.1) is 0 Å². The smallest absolute Gasteiger partial charge is 0.328 e. The summed E-state index contributed by atoms with van der Waals surface area (Å²) >= 11 is 5.92. The first-order chi connectivity index (χ1) is 13.0. The third-order valence-electron chi connectivity index (χ3n) is 3.68. The summed E-state index contributed by atoms with van der Waals surface area (Å²) in [6.45, 7) is -1.09. The van der Waals surface area contributed by atoms with E-state index >= 15 is 0 Å². The standard InChI is InChI=1S/C18H14ClN3O5/c19-13-7-3-4-8-14(13)20-15(23)10-27-16(24)9-22-18(26)12-6-2-1-5-11(12)17(25)21-22/h1-8H,9-10H2,(H,20,23)(H,21,25). The molecule has 1 heterocycles. The number of hydrogen-bond donors (Lipinski definition) is 2. The van der Waals surface area contributed by atoms with Crippen LogP contribution in [-0.4, -0.2) is 28.3 Å². The van der Waals surface area contributed by atoms with Gasteiger partial charge in [0.05, 0.1) is 21.5 Å². The molecule has 8 nitrogen and oxygen atoms in total. The second-order valence-corrected chi connectivity index (χ2v) is 5.97. The van der Waals surface area contributed by atoms with Gasteiger partial charge in [0, 0.05) is 0 Å². The lowest BCUT2D eigenvalue weighted by atomic mass is 10.2. The maximum absolute atomic E-state index is 12.3. The van der Waals surface area contributed by atoms with Crippen molar-refractivity contribution in [1.29, 1.82) is 0 Å². The van der Waals surface area contributed by atoms with Crippen molar-refractivity contribution < 1.29 is 14.3 Å². The lowest BCUT2D eigenvalue weighted by Gasteiger charge is -2.09. The molecule has 0 aliphatic heterocycles. The summed E-state index contributed by atoms with van der Waals surface area (Å²) in [5.74, 6) is -1.44. The molecule has 1 aromatic heterocycles. The first-order valence-electron chi connectivity index (χ1n) is 7.87. The van der Waals surface area contributed by atoms with Gasteiger partial charge < -0.3 is 10.1 Å². The summed E-state index contributed by atoms with van der Waals surface area (Å²) in [6, 6.07) is 12.9. The highest BCUT2D eigenvalue weighted by Crippen LogP contribution is 2.20. The average Bonchev–Trinajstić information content (AvgIpc) is 2.66. The van der Waals surface area contributed by atoms with Gasteiger partial charge >= 0.3 is 5.97 Å². The van der Waals surface area contributed by atoms with Crippen LogP contribution in [-0.2, 0) is 20.9 Å². The van der Waals surface area contributed by atoms with Crippen molar-refractivity contribution in [2.45, 2.75) is 6.54 Å². The molecule has 1 amide bonds. The molecule has 27 heavy (non-hydrogen) atoms. The Kier molecular flexibility index (Phi) is 5.37. The molecule has 0 radical (unpaired) electrons. The van der Waals surface area contributed by atoms with Crippen LogP contribution in [0.5, 0.6) is 0 Å². The summed E-state index contributed by atoms with van der Waals surface area (Å²) in [5, 5.41) is 5.57. The van der Waals surface area contributed by atoms with Crippen LogP contribution in [0.25, 0.3) is 10.8 Å². The number of H-pyrrole nitrogens is 1. The largest absolute Gasteiger partial charge is 0.454 e. The molecule has 0 fully saturated rings. The number of halogens is 1. The van der Waals surface area contributed by atoms with Gasteiger partial charge in [0.25, 0.3) is 17.0 Å². The van der Waals surface area contributed by atoms with Crippen LogP contribution in [0.1, 0.15) is 0 Å². The Morgan fingerprint density at radius 2 is 1.70 bits per heavy atom. The van der Waals surface area contributed by atoms with Crippen LogP contribution >= 0.6 is 11.6 Å². The number of amides is 1. The molecule has 0 aliphatic rings. The van der Waals surface area contributed by atoms with E-state index in [9.17, 15) is 19.2 Å². The van der Waals surface area contributed by atoms with E-state index in [-0.39, 0.29) is 10.8 Å². The molecule has 0 unspecified atom stereocenters. The number of benzene rings is 2. The van der Waals surface area contributed by atoms with Gasteiger partial charge in [-0.3, -0.25) is 24.3 Å². The van der Waals surface area contributed by atoms with Crippen molar-refractivity contribution in [3.8, 4) is 0 Å². The second kappa shape index (κ2) is 7.88. The van der Waals surface area contributed by atoms with Crippen LogP contribution in [0.15, 0.2) is 58.1 Å². The van der Waals surface area contributed by atoms with Gasteiger partial charge in [-0.25, -0.2) is 4.68 Å². The summed E-state index contributed by atoms with van der Waals surface area (Å²) in [7, 11) is 0. The zero-order valence-corrected chi connectivity index (χ0v) is 14.7. The van der Waals surface area contributed by atoms with E-state index in [1.165, 1.54) is 12.1 Å². The Bertz CT molecular complexity index is 1140. The highest BCUT2D eigenvalue weighted by atomic mass is 35.5. The van der Waals surface area contributed by atoms with Crippen LogP contribution in [0.3, 0.4) is 0 Å². The summed E-state index contributed by atoms with van der Waals surface area (Å²) in [4.78, 5) is 48.1. The summed E-state index contributed by atoms with van der Waals surface area (Å²) < 4.78 is 5.70. The van der Waals surface area contributed by atoms with Gasteiger partial charge in [0.15, 0.2) is 6.61 Å². The molecule has 2 aromatic carbocycles. The van der Waals surface area contributed by atoms with E-state index < -0.39 is 36.1 Å². The third-order valence-corrected chi connectivity index (χ3v) is 4.01. The Hall–Kier alpha value is -3.39. The van der Waals surface area contributed by atoms with Crippen molar-refractivity contribution >= 4 is 39.9 Å². The molecule has 0 bridgehead atoms. The molecule has 0 spiro atoms. The van der Waals surface area contributed by atoms with Gasteiger partial charge in [-0.2, -0.15) is 0 Å². The number of para-hydroxylation sites is 1. The summed E-state index contributed by atoms with van der Waals surface area (Å²) in [6.07, 6.45) is 0. The van der Waals surface area contributed by atoms with E-state index in [0.717, 1.165) is 4.68 Å². The monoisotopic (exact) mass is 387 g/mol.